The third-order valence-electron chi connectivity index (χ3n) is 1.89. The van der Waals surface area contributed by atoms with Crippen molar-refractivity contribution in [1.29, 1.82) is 0 Å². The number of nitrogens with two attached hydrogens (primary N) is 1. The van der Waals surface area contributed by atoms with Crippen molar-refractivity contribution in [3.63, 3.8) is 0 Å². The fourth-order valence-electron chi connectivity index (χ4n) is 1.02. The van der Waals surface area contributed by atoms with Crippen molar-refractivity contribution in [3.05, 3.63) is 34.3 Å². The van der Waals surface area contributed by atoms with Crippen LogP contribution in [0.3, 0.4) is 0 Å². The number of rotatable bonds is 3. The molecule has 0 aliphatic carbocycles. The lowest BCUT2D eigenvalue weighted by Gasteiger charge is -2.07. The van der Waals surface area contributed by atoms with E-state index >= 15 is 0 Å². The third-order valence-corrected chi connectivity index (χ3v) is 2.42. The molecular formula is C10H12BrNO. The molecule has 0 radical (unpaired) electrons. The molecule has 0 aromatic heterocycles. The SMILES string of the molecule is CC(=O)[C@H](N)Cc1ccc(Br)cc1. The van der Waals surface area contributed by atoms with Crippen molar-refractivity contribution in [1.82, 2.24) is 0 Å². The van der Waals surface area contributed by atoms with Crippen molar-refractivity contribution in [3.8, 4) is 0 Å². The third kappa shape index (κ3) is 3.28. The summed E-state index contributed by atoms with van der Waals surface area (Å²) in [6.07, 6.45) is 0.614. The van der Waals surface area contributed by atoms with Crippen LogP contribution in [-0.4, -0.2) is 11.8 Å². The maximum absolute atomic E-state index is 10.9. The van der Waals surface area contributed by atoms with Gasteiger partial charge in [-0.15, -0.1) is 0 Å². The number of carbonyl (C=O) groups is 1. The van der Waals surface area contributed by atoms with E-state index in [4.69, 9.17) is 5.73 Å². The van der Waals surface area contributed by atoms with E-state index in [2.05, 4.69) is 15.9 Å². The van der Waals surface area contributed by atoms with Gasteiger partial charge in [-0.05, 0) is 31.0 Å². The lowest BCUT2D eigenvalue weighted by Crippen LogP contribution is -2.30. The lowest BCUT2D eigenvalue weighted by atomic mass is 10.0. The van der Waals surface area contributed by atoms with Crippen LogP contribution in [0.4, 0.5) is 0 Å². The van der Waals surface area contributed by atoms with Gasteiger partial charge in [-0.2, -0.15) is 0 Å². The molecular weight excluding hydrogens is 230 g/mol. The first-order valence-corrected chi connectivity index (χ1v) is 4.89. The largest absolute Gasteiger partial charge is 0.321 e. The quantitative estimate of drug-likeness (QED) is 0.879. The Balaban J connectivity index is 2.64. The predicted octanol–water partition coefficient (Wildman–Crippen LogP) is 1.91. The average molecular weight is 242 g/mol. The second-order valence-corrected chi connectivity index (χ2v) is 3.96. The van der Waals surface area contributed by atoms with Crippen LogP contribution >= 0.6 is 15.9 Å². The summed E-state index contributed by atoms with van der Waals surface area (Å²) in [4.78, 5) is 10.9. The summed E-state index contributed by atoms with van der Waals surface area (Å²) >= 11 is 3.34. The van der Waals surface area contributed by atoms with Gasteiger partial charge in [0.25, 0.3) is 0 Å². The Morgan fingerprint density at radius 2 is 2.00 bits per heavy atom. The highest BCUT2D eigenvalue weighted by atomic mass is 79.9. The maximum Gasteiger partial charge on any atom is 0.146 e. The molecule has 0 saturated heterocycles. The molecule has 0 spiro atoms. The molecule has 0 amide bonds. The standard InChI is InChI=1S/C10H12BrNO/c1-7(13)10(12)6-8-2-4-9(11)5-3-8/h2-5,10H,6,12H2,1H3/t10-/m1/s1. The second kappa shape index (κ2) is 4.53. The van der Waals surface area contributed by atoms with Crippen LogP contribution in [0.5, 0.6) is 0 Å². The summed E-state index contributed by atoms with van der Waals surface area (Å²) in [5, 5.41) is 0. The van der Waals surface area contributed by atoms with Gasteiger partial charge in [0.15, 0.2) is 0 Å². The van der Waals surface area contributed by atoms with E-state index in [1.54, 1.807) is 0 Å². The number of Topliss-reactive ketones (excluding diaryl/α,β-unsaturated/α-hetero) is 1. The summed E-state index contributed by atoms with van der Waals surface area (Å²) in [6, 6.07) is 7.45. The van der Waals surface area contributed by atoms with Crippen LogP contribution in [0, 0.1) is 0 Å². The Hall–Kier alpha value is -0.670. The molecule has 0 heterocycles. The van der Waals surface area contributed by atoms with E-state index < -0.39 is 0 Å². The van der Waals surface area contributed by atoms with Crippen molar-refractivity contribution < 1.29 is 4.79 Å². The molecule has 0 unspecified atom stereocenters. The van der Waals surface area contributed by atoms with Gasteiger partial charge in [0.2, 0.25) is 0 Å². The zero-order chi connectivity index (χ0) is 9.84. The molecule has 2 nitrogen and oxygen atoms in total. The highest BCUT2D eigenvalue weighted by molar-refractivity contribution is 9.10. The molecule has 0 fully saturated rings. The molecule has 1 aromatic carbocycles. The maximum atomic E-state index is 10.9. The molecule has 2 N–H and O–H groups in total. The number of benzene rings is 1. The van der Waals surface area contributed by atoms with E-state index in [1.807, 2.05) is 24.3 Å². The van der Waals surface area contributed by atoms with Gasteiger partial charge >= 0.3 is 0 Å². The summed E-state index contributed by atoms with van der Waals surface area (Å²) in [5.74, 6) is 0.0305. The van der Waals surface area contributed by atoms with E-state index in [0.717, 1.165) is 10.0 Å². The first kappa shape index (κ1) is 10.4. The average Bonchev–Trinajstić information content (AvgIpc) is 2.08. The molecule has 0 aliphatic rings. The van der Waals surface area contributed by atoms with Crippen molar-refractivity contribution in [2.45, 2.75) is 19.4 Å². The van der Waals surface area contributed by atoms with Crippen LogP contribution < -0.4 is 5.73 Å². The molecule has 70 valence electrons. The minimum atomic E-state index is -0.374. The minimum absolute atomic E-state index is 0.0305. The topological polar surface area (TPSA) is 43.1 Å². The van der Waals surface area contributed by atoms with Gasteiger partial charge in [0.1, 0.15) is 5.78 Å². The van der Waals surface area contributed by atoms with Crippen LogP contribution in [-0.2, 0) is 11.2 Å². The zero-order valence-electron chi connectivity index (χ0n) is 7.46. The first-order chi connectivity index (χ1) is 6.09. The fourth-order valence-corrected chi connectivity index (χ4v) is 1.28. The van der Waals surface area contributed by atoms with Gasteiger partial charge in [-0.1, -0.05) is 28.1 Å². The van der Waals surface area contributed by atoms with Gasteiger partial charge in [-0.3, -0.25) is 4.79 Å². The summed E-state index contributed by atoms with van der Waals surface area (Å²) in [6.45, 7) is 1.52. The molecule has 0 bridgehead atoms. The Morgan fingerprint density at radius 1 is 1.46 bits per heavy atom. The zero-order valence-corrected chi connectivity index (χ0v) is 9.04. The Labute approximate surface area is 86.3 Å². The minimum Gasteiger partial charge on any atom is -0.321 e. The summed E-state index contributed by atoms with van der Waals surface area (Å²) < 4.78 is 1.03. The fraction of sp³-hybridized carbons (Fsp3) is 0.300. The predicted molar refractivity (Wildman–Crippen MR) is 56.5 cm³/mol. The van der Waals surface area contributed by atoms with E-state index in [0.29, 0.717) is 6.42 Å². The van der Waals surface area contributed by atoms with Crippen LogP contribution in [0.15, 0.2) is 28.7 Å². The second-order valence-electron chi connectivity index (χ2n) is 3.05. The molecule has 0 saturated carbocycles. The van der Waals surface area contributed by atoms with Crippen molar-refractivity contribution in [2.24, 2.45) is 5.73 Å². The normalized spacial score (nSPS) is 12.5. The smallest absolute Gasteiger partial charge is 0.146 e. The summed E-state index contributed by atoms with van der Waals surface area (Å²) in [7, 11) is 0. The number of carbonyl (C=O) groups excluding carboxylic acids is 1. The molecule has 0 aliphatic heterocycles. The Bertz CT molecular complexity index is 294. The van der Waals surface area contributed by atoms with Crippen molar-refractivity contribution >= 4 is 21.7 Å². The van der Waals surface area contributed by atoms with Gasteiger partial charge < -0.3 is 5.73 Å². The first-order valence-electron chi connectivity index (χ1n) is 4.10. The molecule has 13 heavy (non-hydrogen) atoms. The number of ketones is 1. The summed E-state index contributed by atoms with van der Waals surface area (Å²) in [5.41, 5.74) is 6.71. The highest BCUT2D eigenvalue weighted by Crippen LogP contribution is 2.11. The van der Waals surface area contributed by atoms with Crippen LogP contribution in [0.25, 0.3) is 0 Å². The number of hydrogen-bond donors (Lipinski definition) is 1. The molecule has 1 rings (SSSR count). The molecule has 1 atom stereocenters. The number of halogens is 1. The van der Waals surface area contributed by atoms with Crippen LogP contribution in [0.1, 0.15) is 12.5 Å². The van der Waals surface area contributed by atoms with Crippen molar-refractivity contribution in [2.75, 3.05) is 0 Å². The molecule has 1 aromatic rings. The highest BCUT2D eigenvalue weighted by Gasteiger charge is 2.08. The Kier molecular flexibility index (Phi) is 3.63. The monoisotopic (exact) mass is 241 g/mol. The van der Waals surface area contributed by atoms with Crippen LogP contribution in [0.2, 0.25) is 0 Å². The van der Waals surface area contributed by atoms with Gasteiger partial charge in [0, 0.05) is 4.47 Å². The van der Waals surface area contributed by atoms with E-state index in [1.165, 1.54) is 6.92 Å². The van der Waals surface area contributed by atoms with Gasteiger partial charge in [-0.25, -0.2) is 0 Å². The van der Waals surface area contributed by atoms with Gasteiger partial charge in [0.05, 0.1) is 6.04 Å². The molecule has 3 heteroatoms. The van der Waals surface area contributed by atoms with E-state index in [9.17, 15) is 4.79 Å². The lowest BCUT2D eigenvalue weighted by molar-refractivity contribution is -0.118. The number of hydrogen-bond acceptors (Lipinski definition) is 2. The Morgan fingerprint density at radius 3 is 2.46 bits per heavy atom. The van der Waals surface area contributed by atoms with E-state index in [-0.39, 0.29) is 11.8 Å².